The normalized spacial score (nSPS) is 17.5. The third-order valence-electron chi connectivity index (χ3n) is 3.16. The third-order valence-corrected chi connectivity index (χ3v) is 3.16. The molecule has 13 heavy (non-hydrogen) atoms. The molecule has 70 valence electrons. The standard InChI is InChI=1S/C13H18/c1-10(2)12-8-3-4-9-13(12)11-6-5-7-11/h3-4,8-11H,5-7H2,1-2H3. The summed E-state index contributed by atoms with van der Waals surface area (Å²) < 4.78 is 0. The molecular weight excluding hydrogens is 156 g/mol. The van der Waals surface area contributed by atoms with E-state index in [1.807, 2.05) is 0 Å². The molecule has 0 bridgehead atoms. The van der Waals surface area contributed by atoms with Crippen LogP contribution < -0.4 is 0 Å². The van der Waals surface area contributed by atoms with Crippen LogP contribution >= 0.6 is 0 Å². The van der Waals surface area contributed by atoms with Gasteiger partial charge < -0.3 is 0 Å². The first-order chi connectivity index (χ1) is 6.29. The van der Waals surface area contributed by atoms with Gasteiger partial charge in [0.15, 0.2) is 0 Å². The zero-order chi connectivity index (χ0) is 9.26. The molecule has 0 radical (unpaired) electrons. The molecule has 2 rings (SSSR count). The summed E-state index contributed by atoms with van der Waals surface area (Å²) in [6.07, 6.45) is 4.24. The van der Waals surface area contributed by atoms with Crippen LogP contribution in [-0.2, 0) is 0 Å². The van der Waals surface area contributed by atoms with E-state index in [2.05, 4.69) is 38.1 Å². The molecule has 0 spiro atoms. The van der Waals surface area contributed by atoms with Crippen LogP contribution in [0.5, 0.6) is 0 Å². The maximum absolute atomic E-state index is 2.32. The highest BCUT2D eigenvalue weighted by molar-refractivity contribution is 5.33. The van der Waals surface area contributed by atoms with E-state index in [0.717, 1.165) is 5.92 Å². The summed E-state index contributed by atoms with van der Waals surface area (Å²) in [4.78, 5) is 0. The molecule has 1 saturated carbocycles. The Morgan fingerprint density at radius 2 is 1.85 bits per heavy atom. The predicted molar refractivity (Wildman–Crippen MR) is 57.1 cm³/mol. The molecular formula is C13H18. The van der Waals surface area contributed by atoms with Gasteiger partial charge in [-0.3, -0.25) is 0 Å². The summed E-state index contributed by atoms with van der Waals surface area (Å²) in [5.41, 5.74) is 3.18. The summed E-state index contributed by atoms with van der Waals surface area (Å²) in [7, 11) is 0. The fourth-order valence-electron chi connectivity index (χ4n) is 2.13. The lowest BCUT2D eigenvalue weighted by Crippen LogP contribution is -2.11. The molecule has 0 aromatic heterocycles. The molecule has 1 fully saturated rings. The minimum Gasteiger partial charge on any atom is -0.0620 e. The van der Waals surface area contributed by atoms with Gasteiger partial charge in [-0.1, -0.05) is 44.5 Å². The highest BCUT2D eigenvalue weighted by Gasteiger charge is 2.22. The Morgan fingerprint density at radius 1 is 1.15 bits per heavy atom. The van der Waals surface area contributed by atoms with E-state index in [4.69, 9.17) is 0 Å². The molecule has 0 atom stereocenters. The van der Waals surface area contributed by atoms with Crippen LogP contribution in [0, 0.1) is 0 Å². The summed E-state index contributed by atoms with van der Waals surface area (Å²) >= 11 is 0. The van der Waals surface area contributed by atoms with Crippen molar-refractivity contribution in [2.45, 2.75) is 44.9 Å². The molecule has 0 heteroatoms. The van der Waals surface area contributed by atoms with Crippen molar-refractivity contribution >= 4 is 0 Å². The zero-order valence-electron chi connectivity index (χ0n) is 8.59. The molecule has 0 N–H and O–H groups in total. The quantitative estimate of drug-likeness (QED) is 0.633. The first-order valence-electron chi connectivity index (χ1n) is 5.38. The lowest BCUT2D eigenvalue weighted by molar-refractivity contribution is 0.416. The summed E-state index contributed by atoms with van der Waals surface area (Å²) in [6, 6.07) is 8.95. The van der Waals surface area contributed by atoms with Crippen molar-refractivity contribution in [2.24, 2.45) is 0 Å². The van der Waals surface area contributed by atoms with E-state index >= 15 is 0 Å². The second kappa shape index (κ2) is 3.53. The maximum Gasteiger partial charge on any atom is -0.0159 e. The Hall–Kier alpha value is -0.780. The highest BCUT2D eigenvalue weighted by Crippen LogP contribution is 2.39. The zero-order valence-corrected chi connectivity index (χ0v) is 8.59. The maximum atomic E-state index is 2.32. The molecule has 1 aromatic rings. The predicted octanol–water partition coefficient (Wildman–Crippen LogP) is 4.08. The summed E-state index contributed by atoms with van der Waals surface area (Å²) in [5.74, 6) is 1.55. The SMILES string of the molecule is CC(C)c1ccccc1C1CCC1. The molecule has 1 aliphatic carbocycles. The Labute approximate surface area is 81.0 Å². The largest absolute Gasteiger partial charge is 0.0620 e. The lowest BCUT2D eigenvalue weighted by atomic mass is 9.76. The number of benzene rings is 1. The van der Waals surface area contributed by atoms with Crippen LogP contribution in [0.2, 0.25) is 0 Å². The lowest BCUT2D eigenvalue weighted by Gasteiger charge is -2.28. The van der Waals surface area contributed by atoms with E-state index in [-0.39, 0.29) is 0 Å². The van der Waals surface area contributed by atoms with Crippen LogP contribution in [0.25, 0.3) is 0 Å². The van der Waals surface area contributed by atoms with Gasteiger partial charge in [0.25, 0.3) is 0 Å². The fourth-order valence-corrected chi connectivity index (χ4v) is 2.13. The van der Waals surface area contributed by atoms with E-state index in [0.29, 0.717) is 5.92 Å². The molecule has 0 amide bonds. The Balaban J connectivity index is 2.31. The van der Waals surface area contributed by atoms with Crippen molar-refractivity contribution in [3.8, 4) is 0 Å². The van der Waals surface area contributed by atoms with Crippen molar-refractivity contribution in [2.75, 3.05) is 0 Å². The minimum atomic E-state index is 0.678. The second-order valence-electron chi connectivity index (χ2n) is 4.41. The third kappa shape index (κ3) is 1.63. The Kier molecular flexibility index (Phi) is 2.39. The van der Waals surface area contributed by atoms with Crippen molar-refractivity contribution in [3.63, 3.8) is 0 Å². The van der Waals surface area contributed by atoms with E-state index in [9.17, 15) is 0 Å². The molecule has 1 aliphatic rings. The fraction of sp³-hybridized carbons (Fsp3) is 0.538. The van der Waals surface area contributed by atoms with E-state index < -0.39 is 0 Å². The topological polar surface area (TPSA) is 0 Å². The van der Waals surface area contributed by atoms with Crippen LogP contribution in [0.1, 0.15) is 56.1 Å². The Morgan fingerprint density at radius 3 is 2.38 bits per heavy atom. The van der Waals surface area contributed by atoms with Crippen molar-refractivity contribution in [1.29, 1.82) is 0 Å². The average molecular weight is 174 g/mol. The monoisotopic (exact) mass is 174 g/mol. The van der Waals surface area contributed by atoms with E-state index in [1.165, 1.54) is 19.3 Å². The second-order valence-corrected chi connectivity index (χ2v) is 4.41. The van der Waals surface area contributed by atoms with Crippen molar-refractivity contribution in [1.82, 2.24) is 0 Å². The van der Waals surface area contributed by atoms with Gasteiger partial charge in [-0.25, -0.2) is 0 Å². The van der Waals surface area contributed by atoms with Gasteiger partial charge in [0.1, 0.15) is 0 Å². The van der Waals surface area contributed by atoms with Crippen LogP contribution in [0.3, 0.4) is 0 Å². The van der Waals surface area contributed by atoms with Crippen LogP contribution in [-0.4, -0.2) is 0 Å². The van der Waals surface area contributed by atoms with Gasteiger partial charge in [-0.05, 0) is 35.8 Å². The summed E-state index contributed by atoms with van der Waals surface area (Å²) in [6.45, 7) is 4.58. The minimum absolute atomic E-state index is 0.678. The number of rotatable bonds is 2. The van der Waals surface area contributed by atoms with Crippen molar-refractivity contribution < 1.29 is 0 Å². The van der Waals surface area contributed by atoms with Gasteiger partial charge in [0.05, 0.1) is 0 Å². The number of hydrogen-bond acceptors (Lipinski definition) is 0. The molecule has 0 aliphatic heterocycles. The average Bonchev–Trinajstić information content (AvgIpc) is 2.02. The van der Waals surface area contributed by atoms with Gasteiger partial charge in [0, 0.05) is 0 Å². The Bertz CT molecular complexity index is 282. The van der Waals surface area contributed by atoms with Gasteiger partial charge in [-0.15, -0.1) is 0 Å². The van der Waals surface area contributed by atoms with Crippen LogP contribution in [0.15, 0.2) is 24.3 Å². The first kappa shape index (κ1) is 8.80. The van der Waals surface area contributed by atoms with Gasteiger partial charge >= 0.3 is 0 Å². The summed E-state index contributed by atoms with van der Waals surface area (Å²) in [5, 5.41) is 0. The first-order valence-corrected chi connectivity index (χ1v) is 5.38. The van der Waals surface area contributed by atoms with Gasteiger partial charge in [-0.2, -0.15) is 0 Å². The molecule has 0 saturated heterocycles. The molecule has 0 unspecified atom stereocenters. The van der Waals surface area contributed by atoms with E-state index in [1.54, 1.807) is 11.1 Å². The smallest absolute Gasteiger partial charge is 0.0159 e. The molecule has 0 heterocycles. The highest BCUT2D eigenvalue weighted by atomic mass is 14.3. The molecule has 1 aromatic carbocycles. The van der Waals surface area contributed by atoms with Gasteiger partial charge in [0.2, 0.25) is 0 Å². The number of hydrogen-bond donors (Lipinski definition) is 0. The molecule has 0 nitrogen and oxygen atoms in total. The van der Waals surface area contributed by atoms with Crippen LogP contribution in [0.4, 0.5) is 0 Å². The van der Waals surface area contributed by atoms with Crippen molar-refractivity contribution in [3.05, 3.63) is 35.4 Å².